The Kier molecular flexibility index (Phi) is 52.3. The molecular formula is C59H108O6. The van der Waals surface area contributed by atoms with Gasteiger partial charge in [0, 0.05) is 19.3 Å². The molecule has 0 amide bonds. The zero-order valence-corrected chi connectivity index (χ0v) is 43.5. The zero-order valence-electron chi connectivity index (χ0n) is 43.5. The maximum atomic E-state index is 12.8. The lowest BCUT2D eigenvalue weighted by molar-refractivity contribution is -0.167. The highest BCUT2D eigenvalue weighted by Gasteiger charge is 2.19. The molecule has 0 aliphatic heterocycles. The topological polar surface area (TPSA) is 78.9 Å². The molecule has 0 N–H and O–H groups in total. The van der Waals surface area contributed by atoms with E-state index in [0.717, 1.165) is 70.6 Å². The van der Waals surface area contributed by atoms with Gasteiger partial charge in [-0.2, -0.15) is 0 Å². The van der Waals surface area contributed by atoms with Gasteiger partial charge in [0.1, 0.15) is 13.2 Å². The molecule has 6 nitrogen and oxygen atoms in total. The number of hydrogen-bond donors (Lipinski definition) is 0. The third-order valence-electron chi connectivity index (χ3n) is 12.6. The van der Waals surface area contributed by atoms with Crippen molar-refractivity contribution in [2.24, 2.45) is 0 Å². The first-order valence-electron chi connectivity index (χ1n) is 28.5. The number of carbonyl (C=O) groups is 3. The summed E-state index contributed by atoms with van der Waals surface area (Å²) < 4.78 is 16.9. The first-order chi connectivity index (χ1) is 32.0. The molecule has 0 spiro atoms. The van der Waals surface area contributed by atoms with E-state index in [4.69, 9.17) is 14.2 Å². The standard InChI is InChI=1S/C59H108O6/c1-4-7-10-13-16-19-22-25-27-28-29-30-32-35-38-41-44-47-50-53-59(62)65-56(54-63-57(60)51-48-45-42-39-36-33-24-21-18-15-12-9-6-3)55-64-58(61)52-49-46-43-40-37-34-31-26-23-20-17-14-11-8-5-2/h16,19,25-27,31,56H,4-15,17-18,20-24,28-30,32-55H2,1-3H3/b19-16-,27-25-,31-26-/t56-/m0/s1. The zero-order chi connectivity index (χ0) is 47.2. The lowest BCUT2D eigenvalue weighted by Gasteiger charge is -2.18. The van der Waals surface area contributed by atoms with E-state index >= 15 is 0 Å². The summed E-state index contributed by atoms with van der Waals surface area (Å²) >= 11 is 0. The summed E-state index contributed by atoms with van der Waals surface area (Å²) in [6.45, 7) is 6.63. The van der Waals surface area contributed by atoms with Crippen LogP contribution in [0, 0.1) is 0 Å². The van der Waals surface area contributed by atoms with Gasteiger partial charge < -0.3 is 14.2 Å². The molecule has 0 rings (SSSR count). The maximum absolute atomic E-state index is 12.8. The lowest BCUT2D eigenvalue weighted by atomic mass is 10.0. The molecule has 380 valence electrons. The minimum absolute atomic E-state index is 0.0729. The van der Waals surface area contributed by atoms with Crippen molar-refractivity contribution in [2.45, 2.75) is 309 Å². The van der Waals surface area contributed by atoms with Crippen LogP contribution in [0.15, 0.2) is 36.5 Å². The lowest BCUT2D eigenvalue weighted by Crippen LogP contribution is -2.30. The molecule has 0 aliphatic rings. The number of rotatable bonds is 52. The van der Waals surface area contributed by atoms with E-state index in [2.05, 4.69) is 57.2 Å². The quantitative estimate of drug-likeness (QED) is 0.0262. The number of esters is 3. The van der Waals surface area contributed by atoms with Crippen molar-refractivity contribution in [3.63, 3.8) is 0 Å². The fourth-order valence-corrected chi connectivity index (χ4v) is 8.29. The van der Waals surface area contributed by atoms with Crippen molar-refractivity contribution in [3.05, 3.63) is 36.5 Å². The summed E-state index contributed by atoms with van der Waals surface area (Å²) in [5.41, 5.74) is 0. The van der Waals surface area contributed by atoms with Crippen LogP contribution < -0.4 is 0 Å². The van der Waals surface area contributed by atoms with E-state index in [1.165, 1.54) is 193 Å². The monoisotopic (exact) mass is 913 g/mol. The van der Waals surface area contributed by atoms with Crippen molar-refractivity contribution in [1.82, 2.24) is 0 Å². The van der Waals surface area contributed by atoms with Crippen LogP contribution >= 0.6 is 0 Å². The van der Waals surface area contributed by atoms with E-state index in [1.54, 1.807) is 0 Å². The van der Waals surface area contributed by atoms with E-state index in [0.29, 0.717) is 19.3 Å². The average Bonchev–Trinajstić information content (AvgIpc) is 3.30. The van der Waals surface area contributed by atoms with Gasteiger partial charge in [-0.05, 0) is 77.0 Å². The summed E-state index contributed by atoms with van der Waals surface area (Å²) in [7, 11) is 0. The molecule has 0 aromatic rings. The molecule has 0 unspecified atom stereocenters. The van der Waals surface area contributed by atoms with Gasteiger partial charge in [0.25, 0.3) is 0 Å². The minimum atomic E-state index is -0.774. The Morgan fingerprint density at radius 1 is 0.308 bits per heavy atom. The van der Waals surface area contributed by atoms with Gasteiger partial charge in [-0.15, -0.1) is 0 Å². The summed E-state index contributed by atoms with van der Waals surface area (Å²) in [5.74, 6) is -0.870. The maximum Gasteiger partial charge on any atom is 0.306 e. The molecule has 0 saturated carbocycles. The van der Waals surface area contributed by atoms with Crippen LogP contribution in [-0.4, -0.2) is 37.2 Å². The minimum Gasteiger partial charge on any atom is -0.462 e. The number of hydrogen-bond acceptors (Lipinski definition) is 6. The van der Waals surface area contributed by atoms with Gasteiger partial charge in [0.05, 0.1) is 0 Å². The summed E-state index contributed by atoms with van der Waals surface area (Å²) in [5, 5.41) is 0. The fraction of sp³-hybridized carbons (Fsp3) is 0.847. The Labute approximate surface area is 404 Å². The molecule has 0 saturated heterocycles. The molecular weight excluding hydrogens is 805 g/mol. The molecule has 0 fully saturated rings. The number of carbonyl (C=O) groups excluding carboxylic acids is 3. The van der Waals surface area contributed by atoms with Crippen LogP contribution in [0.4, 0.5) is 0 Å². The van der Waals surface area contributed by atoms with Crippen LogP contribution in [0.3, 0.4) is 0 Å². The van der Waals surface area contributed by atoms with E-state index in [1.807, 2.05) is 0 Å². The van der Waals surface area contributed by atoms with Gasteiger partial charge in [-0.25, -0.2) is 0 Å². The Morgan fingerprint density at radius 3 is 0.892 bits per heavy atom. The highest BCUT2D eigenvalue weighted by Crippen LogP contribution is 2.16. The normalized spacial score (nSPS) is 12.2. The smallest absolute Gasteiger partial charge is 0.306 e. The number of allylic oxidation sites excluding steroid dienone is 6. The Bertz CT molecular complexity index is 1090. The van der Waals surface area contributed by atoms with Crippen molar-refractivity contribution < 1.29 is 28.6 Å². The predicted molar refractivity (Wildman–Crippen MR) is 279 cm³/mol. The van der Waals surface area contributed by atoms with Crippen LogP contribution in [0.5, 0.6) is 0 Å². The molecule has 0 aromatic heterocycles. The fourth-order valence-electron chi connectivity index (χ4n) is 8.29. The van der Waals surface area contributed by atoms with Gasteiger partial charge in [-0.3, -0.25) is 14.4 Å². The molecule has 0 aromatic carbocycles. The second kappa shape index (κ2) is 54.2. The SMILES string of the molecule is CCCCC/C=C\C/C=C\CCCCCCCCCCCC(=O)O[C@H](COC(=O)CCCCCCC/C=C\CCCCCCCC)COC(=O)CCCCCCCCCCCCCCC. The third-order valence-corrected chi connectivity index (χ3v) is 12.6. The van der Waals surface area contributed by atoms with Crippen LogP contribution in [0.25, 0.3) is 0 Å². The van der Waals surface area contributed by atoms with Gasteiger partial charge in [0.15, 0.2) is 6.10 Å². The summed E-state index contributed by atoms with van der Waals surface area (Å²) in [4.78, 5) is 38.1. The average molecular weight is 914 g/mol. The second-order valence-electron chi connectivity index (χ2n) is 19.2. The van der Waals surface area contributed by atoms with Crippen LogP contribution in [0.2, 0.25) is 0 Å². The third kappa shape index (κ3) is 52.5. The highest BCUT2D eigenvalue weighted by atomic mass is 16.6. The number of ether oxygens (including phenoxy) is 3. The van der Waals surface area contributed by atoms with Crippen molar-refractivity contribution in [1.29, 1.82) is 0 Å². The van der Waals surface area contributed by atoms with E-state index in [9.17, 15) is 14.4 Å². The van der Waals surface area contributed by atoms with Crippen molar-refractivity contribution in [2.75, 3.05) is 13.2 Å². The number of unbranched alkanes of at least 4 members (excludes halogenated alkanes) is 35. The van der Waals surface area contributed by atoms with Gasteiger partial charge >= 0.3 is 17.9 Å². The van der Waals surface area contributed by atoms with Crippen LogP contribution in [0.1, 0.15) is 303 Å². The molecule has 0 aliphatic carbocycles. The van der Waals surface area contributed by atoms with Crippen molar-refractivity contribution >= 4 is 17.9 Å². The first-order valence-corrected chi connectivity index (χ1v) is 28.5. The highest BCUT2D eigenvalue weighted by molar-refractivity contribution is 5.71. The van der Waals surface area contributed by atoms with Gasteiger partial charge in [-0.1, -0.05) is 243 Å². The molecule has 6 heteroatoms. The van der Waals surface area contributed by atoms with E-state index < -0.39 is 6.10 Å². The second-order valence-corrected chi connectivity index (χ2v) is 19.2. The van der Waals surface area contributed by atoms with Crippen molar-refractivity contribution in [3.8, 4) is 0 Å². The van der Waals surface area contributed by atoms with E-state index in [-0.39, 0.29) is 31.1 Å². The summed E-state index contributed by atoms with van der Waals surface area (Å²) in [6.07, 6.45) is 64.1. The van der Waals surface area contributed by atoms with Gasteiger partial charge in [0.2, 0.25) is 0 Å². The summed E-state index contributed by atoms with van der Waals surface area (Å²) in [6, 6.07) is 0. The Hall–Kier alpha value is -2.37. The molecule has 0 bridgehead atoms. The van der Waals surface area contributed by atoms with Crippen LogP contribution in [-0.2, 0) is 28.6 Å². The first kappa shape index (κ1) is 62.6. The molecule has 1 atom stereocenters. The molecule has 65 heavy (non-hydrogen) atoms. The predicted octanol–water partition coefficient (Wildman–Crippen LogP) is 18.9. The Balaban J connectivity index is 4.35. The molecule has 0 radical (unpaired) electrons. The molecule has 0 heterocycles. The Morgan fingerprint density at radius 2 is 0.554 bits per heavy atom. The largest absolute Gasteiger partial charge is 0.462 e.